The molecule has 0 fully saturated rings. The first-order valence-corrected chi connectivity index (χ1v) is 4.52. The quantitative estimate of drug-likeness (QED) is 0.876. The third-order valence-corrected chi connectivity index (χ3v) is 2.33. The molecule has 1 aromatic carbocycles. The number of ether oxygens (including phenoxy) is 1. The molecular weight excluding hydrogens is 227 g/mol. The summed E-state index contributed by atoms with van der Waals surface area (Å²) in [5, 5.41) is 9.31. The molecule has 0 radical (unpaired) electrons. The summed E-state index contributed by atoms with van der Waals surface area (Å²) in [4.78, 5) is 10.7. The summed E-state index contributed by atoms with van der Waals surface area (Å²) < 4.78 is 4.86. The number of carboxylic acid groups (broad SMARTS) is 1. The number of methoxy groups -OCH3 is 1. The topological polar surface area (TPSA) is 46.5 Å². The maximum Gasteiger partial charge on any atom is 0.337 e. The number of hydrogen-bond acceptors (Lipinski definition) is 2. The van der Waals surface area contributed by atoms with Gasteiger partial charge in [-0.2, -0.15) is 0 Å². The summed E-state index contributed by atoms with van der Waals surface area (Å²) in [5.74, 6) is -1.08. The van der Waals surface area contributed by atoms with Crippen molar-refractivity contribution in [2.24, 2.45) is 0 Å². The van der Waals surface area contributed by atoms with E-state index in [1.54, 1.807) is 0 Å². The Labute approximate surface area is 91.2 Å². The Hall–Kier alpha value is -0.770. The minimum absolute atomic E-state index is 0.0307. The van der Waals surface area contributed by atoms with E-state index in [0.29, 0.717) is 10.6 Å². The molecule has 0 spiro atoms. The van der Waals surface area contributed by atoms with Gasteiger partial charge in [-0.25, -0.2) is 4.79 Å². The zero-order valence-electron chi connectivity index (χ0n) is 7.38. The summed E-state index contributed by atoms with van der Waals surface area (Å²) in [7, 11) is 1.51. The van der Waals surface area contributed by atoms with E-state index in [-0.39, 0.29) is 17.2 Å². The van der Waals surface area contributed by atoms with Gasteiger partial charge in [-0.15, -0.1) is 0 Å². The van der Waals surface area contributed by atoms with E-state index in [0.717, 1.165) is 0 Å². The molecule has 1 rings (SSSR count). The lowest BCUT2D eigenvalue weighted by atomic mass is 10.1. The van der Waals surface area contributed by atoms with Gasteiger partial charge >= 0.3 is 5.97 Å². The van der Waals surface area contributed by atoms with Crippen molar-refractivity contribution >= 4 is 29.2 Å². The van der Waals surface area contributed by atoms with E-state index in [1.165, 1.54) is 19.2 Å². The Morgan fingerprint density at radius 3 is 2.57 bits per heavy atom. The van der Waals surface area contributed by atoms with Crippen LogP contribution in [-0.4, -0.2) is 18.2 Å². The number of carboxylic acids is 1. The molecule has 3 nitrogen and oxygen atoms in total. The van der Waals surface area contributed by atoms with Crippen LogP contribution in [0.4, 0.5) is 0 Å². The normalized spacial score (nSPS) is 10.2. The van der Waals surface area contributed by atoms with Crippen LogP contribution in [0.15, 0.2) is 12.1 Å². The summed E-state index contributed by atoms with van der Waals surface area (Å²) in [6, 6.07) is 2.82. The van der Waals surface area contributed by atoms with E-state index in [1.807, 2.05) is 0 Å². The van der Waals surface area contributed by atoms with Gasteiger partial charge in [0.1, 0.15) is 0 Å². The number of halogens is 2. The fourth-order valence-corrected chi connectivity index (χ4v) is 1.54. The lowest BCUT2D eigenvalue weighted by Gasteiger charge is -2.06. The zero-order chi connectivity index (χ0) is 10.7. The van der Waals surface area contributed by atoms with Crippen molar-refractivity contribution in [2.75, 3.05) is 7.11 Å². The molecule has 14 heavy (non-hydrogen) atoms. The van der Waals surface area contributed by atoms with Gasteiger partial charge in [0.2, 0.25) is 0 Å². The van der Waals surface area contributed by atoms with Gasteiger partial charge < -0.3 is 9.84 Å². The Kier molecular flexibility index (Phi) is 3.75. The smallest absolute Gasteiger partial charge is 0.337 e. The van der Waals surface area contributed by atoms with E-state index in [9.17, 15) is 4.79 Å². The van der Waals surface area contributed by atoms with Crippen molar-refractivity contribution in [1.29, 1.82) is 0 Å². The van der Waals surface area contributed by atoms with Gasteiger partial charge in [-0.1, -0.05) is 23.2 Å². The molecule has 0 saturated carbocycles. The van der Waals surface area contributed by atoms with Gasteiger partial charge in [-0.3, -0.25) is 0 Å². The molecule has 76 valence electrons. The Morgan fingerprint density at radius 2 is 2.07 bits per heavy atom. The highest BCUT2D eigenvalue weighted by Crippen LogP contribution is 2.25. The number of carbonyl (C=O) groups is 1. The minimum atomic E-state index is -1.08. The van der Waals surface area contributed by atoms with Crippen molar-refractivity contribution in [3.63, 3.8) is 0 Å². The molecule has 0 aromatic heterocycles. The Morgan fingerprint density at radius 1 is 1.43 bits per heavy atom. The second-order valence-corrected chi connectivity index (χ2v) is 3.48. The Bertz CT molecular complexity index is 363. The number of hydrogen-bond donors (Lipinski definition) is 1. The molecule has 0 amide bonds. The molecule has 1 aromatic rings. The molecule has 0 atom stereocenters. The second-order valence-electron chi connectivity index (χ2n) is 2.66. The molecule has 5 heteroatoms. The van der Waals surface area contributed by atoms with Gasteiger partial charge in [0.05, 0.1) is 17.2 Å². The van der Waals surface area contributed by atoms with Crippen LogP contribution in [0, 0.1) is 0 Å². The third-order valence-electron chi connectivity index (χ3n) is 1.67. The first-order chi connectivity index (χ1) is 6.56. The van der Waals surface area contributed by atoms with Crippen LogP contribution in [0.5, 0.6) is 0 Å². The van der Waals surface area contributed by atoms with Crippen LogP contribution in [0.2, 0.25) is 10.0 Å². The lowest BCUT2D eigenvalue weighted by molar-refractivity contribution is 0.0696. The molecule has 0 unspecified atom stereocenters. The molecule has 0 aliphatic heterocycles. The van der Waals surface area contributed by atoms with E-state index in [2.05, 4.69) is 0 Å². The van der Waals surface area contributed by atoms with Gasteiger partial charge in [0.25, 0.3) is 0 Å². The molecule has 0 bridgehead atoms. The molecule has 0 saturated heterocycles. The maximum absolute atomic E-state index is 10.7. The summed E-state index contributed by atoms with van der Waals surface area (Å²) >= 11 is 11.5. The van der Waals surface area contributed by atoms with Crippen LogP contribution in [0.25, 0.3) is 0 Å². The first kappa shape index (κ1) is 11.3. The predicted molar refractivity (Wildman–Crippen MR) is 54.1 cm³/mol. The Balaban J connectivity index is 3.20. The monoisotopic (exact) mass is 234 g/mol. The van der Waals surface area contributed by atoms with Crippen molar-refractivity contribution < 1.29 is 14.6 Å². The fourth-order valence-electron chi connectivity index (χ4n) is 1.02. The average Bonchev–Trinajstić information content (AvgIpc) is 2.09. The molecule has 0 heterocycles. The average molecular weight is 235 g/mol. The highest BCUT2D eigenvalue weighted by Gasteiger charge is 2.12. The van der Waals surface area contributed by atoms with Crippen LogP contribution in [0.1, 0.15) is 15.9 Å². The summed E-state index contributed by atoms with van der Waals surface area (Å²) in [5.41, 5.74) is 0.638. The number of aromatic carboxylic acids is 1. The second kappa shape index (κ2) is 4.64. The molecule has 1 N–H and O–H groups in total. The van der Waals surface area contributed by atoms with Gasteiger partial charge in [-0.05, 0) is 17.7 Å². The van der Waals surface area contributed by atoms with Crippen molar-refractivity contribution in [3.05, 3.63) is 33.3 Å². The minimum Gasteiger partial charge on any atom is -0.478 e. The van der Waals surface area contributed by atoms with E-state index in [4.69, 9.17) is 33.0 Å². The predicted octanol–water partition coefficient (Wildman–Crippen LogP) is 2.84. The summed E-state index contributed by atoms with van der Waals surface area (Å²) in [6.45, 7) is 0.260. The van der Waals surface area contributed by atoms with E-state index >= 15 is 0 Å². The largest absolute Gasteiger partial charge is 0.478 e. The van der Waals surface area contributed by atoms with Crippen LogP contribution in [0.3, 0.4) is 0 Å². The van der Waals surface area contributed by atoms with E-state index < -0.39 is 5.97 Å². The fraction of sp³-hybridized carbons (Fsp3) is 0.222. The van der Waals surface area contributed by atoms with Crippen LogP contribution in [-0.2, 0) is 11.3 Å². The van der Waals surface area contributed by atoms with Crippen LogP contribution >= 0.6 is 23.2 Å². The number of rotatable bonds is 3. The lowest BCUT2D eigenvalue weighted by Crippen LogP contribution is -2.00. The van der Waals surface area contributed by atoms with Gasteiger partial charge in [0, 0.05) is 12.1 Å². The highest BCUT2D eigenvalue weighted by atomic mass is 35.5. The van der Waals surface area contributed by atoms with Crippen LogP contribution < -0.4 is 0 Å². The zero-order valence-corrected chi connectivity index (χ0v) is 8.89. The standard InChI is InChI=1S/C9H8Cl2O3/c1-14-4-5-2-6(9(12)13)8(11)3-7(5)10/h2-3H,4H2,1H3,(H,12,13). The number of benzene rings is 1. The van der Waals surface area contributed by atoms with Crippen molar-refractivity contribution in [1.82, 2.24) is 0 Å². The highest BCUT2D eigenvalue weighted by molar-refractivity contribution is 6.36. The first-order valence-electron chi connectivity index (χ1n) is 3.76. The van der Waals surface area contributed by atoms with Gasteiger partial charge in [0.15, 0.2) is 0 Å². The van der Waals surface area contributed by atoms with Crippen molar-refractivity contribution in [2.45, 2.75) is 6.61 Å². The molecule has 0 aliphatic carbocycles. The summed E-state index contributed by atoms with van der Waals surface area (Å²) in [6.07, 6.45) is 0. The molecular formula is C9H8Cl2O3. The SMILES string of the molecule is COCc1cc(C(=O)O)c(Cl)cc1Cl. The third kappa shape index (κ3) is 2.38. The maximum atomic E-state index is 10.7. The van der Waals surface area contributed by atoms with Crippen molar-refractivity contribution in [3.8, 4) is 0 Å². The molecule has 0 aliphatic rings.